The minimum absolute atomic E-state index is 0.0185. The van der Waals surface area contributed by atoms with E-state index < -0.39 is 12.3 Å². The van der Waals surface area contributed by atoms with Crippen LogP contribution in [0.2, 0.25) is 0 Å². The highest BCUT2D eigenvalue weighted by molar-refractivity contribution is 5.68. The van der Waals surface area contributed by atoms with E-state index in [9.17, 15) is 19.7 Å². The summed E-state index contributed by atoms with van der Waals surface area (Å²) in [4.78, 5) is 2.31. The number of allylic oxidation sites excluding steroid dienone is 4. The number of nitrogens with zero attached hydrogens (tertiary/aromatic N) is 1. The topological polar surface area (TPSA) is 63.9 Å². The predicted molar refractivity (Wildman–Crippen MR) is 146 cm³/mol. The maximum atomic E-state index is 13.5. The van der Waals surface area contributed by atoms with Crippen molar-refractivity contribution in [3.05, 3.63) is 114 Å². The fraction of sp³-hybridized carbons (Fsp3) is 0.250. The molecule has 0 bridgehead atoms. The molecule has 1 saturated heterocycles. The Balaban J connectivity index is 1.32. The number of rotatable bonds is 8. The van der Waals surface area contributed by atoms with E-state index in [-0.39, 0.29) is 17.5 Å². The Morgan fingerprint density at radius 1 is 0.919 bits per heavy atom. The number of alkyl halides is 1. The van der Waals surface area contributed by atoms with Gasteiger partial charge in [0.1, 0.15) is 17.7 Å². The van der Waals surface area contributed by atoms with Crippen molar-refractivity contribution in [3.63, 3.8) is 0 Å². The minimum Gasteiger partial charge on any atom is -0.508 e. The monoisotopic (exact) mass is 497 g/mol. The van der Waals surface area contributed by atoms with Gasteiger partial charge in [-0.25, -0.2) is 4.39 Å². The average molecular weight is 498 g/mol. The van der Waals surface area contributed by atoms with Crippen LogP contribution in [0.5, 0.6) is 11.5 Å². The van der Waals surface area contributed by atoms with Crippen LogP contribution < -0.4 is 4.90 Å². The summed E-state index contributed by atoms with van der Waals surface area (Å²) in [5, 5.41) is 31.6. The number of phenols is 2. The van der Waals surface area contributed by atoms with Crippen LogP contribution in [0, 0.1) is 5.92 Å². The van der Waals surface area contributed by atoms with Gasteiger partial charge in [-0.2, -0.15) is 0 Å². The van der Waals surface area contributed by atoms with Gasteiger partial charge in [-0.05, 0) is 72.0 Å². The molecule has 3 unspecified atom stereocenters. The normalized spacial score (nSPS) is 21.7. The van der Waals surface area contributed by atoms with Crippen molar-refractivity contribution in [3.8, 4) is 22.6 Å². The highest BCUT2D eigenvalue weighted by atomic mass is 19.1. The van der Waals surface area contributed by atoms with E-state index >= 15 is 0 Å². The van der Waals surface area contributed by atoms with Gasteiger partial charge in [0.25, 0.3) is 0 Å². The second-order valence-electron chi connectivity index (χ2n) is 9.82. The molecule has 3 aromatic rings. The summed E-state index contributed by atoms with van der Waals surface area (Å²) in [5.41, 5.74) is 4.40. The molecule has 0 radical (unpaired) electrons. The summed E-state index contributed by atoms with van der Waals surface area (Å²) in [7, 11) is 0. The maximum Gasteiger partial charge on any atom is 0.137 e. The van der Waals surface area contributed by atoms with Gasteiger partial charge in [-0.1, -0.05) is 67.1 Å². The lowest BCUT2D eigenvalue weighted by atomic mass is 9.78. The van der Waals surface area contributed by atoms with Crippen LogP contribution in [-0.2, 0) is 0 Å². The number of phenolic OH excluding ortho intramolecular Hbond substituents is 2. The van der Waals surface area contributed by atoms with Crippen LogP contribution in [0.25, 0.3) is 11.1 Å². The van der Waals surface area contributed by atoms with Gasteiger partial charge in [0.15, 0.2) is 0 Å². The third-order valence-electron chi connectivity index (χ3n) is 7.32. The maximum absolute atomic E-state index is 13.5. The molecule has 2 aliphatic rings. The largest absolute Gasteiger partial charge is 0.508 e. The fourth-order valence-electron chi connectivity index (χ4n) is 5.36. The van der Waals surface area contributed by atoms with Crippen LogP contribution in [0.3, 0.4) is 0 Å². The van der Waals surface area contributed by atoms with Crippen LogP contribution >= 0.6 is 0 Å². The molecule has 0 saturated carbocycles. The molecule has 0 amide bonds. The molecule has 1 fully saturated rings. The van der Waals surface area contributed by atoms with Crippen molar-refractivity contribution < 1.29 is 19.7 Å². The summed E-state index contributed by atoms with van der Waals surface area (Å²) < 4.78 is 13.5. The summed E-state index contributed by atoms with van der Waals surface area (Å²) in [6, 6.07) is 23.0. The molecule has 5 heteroatoms. The van der Waals surface area contributed by atoms with Gasteiger partial charge < -0.3 is 20.2 Å². The lowest BCUT2D eigenvalue weighted by Crippen LogP contribution is -2.50. The summed E-state index contributed by atoms with van der Waals surface area (Å²) in [6.07, 6.45) is 8.59. The van der Waals surface area contributed by atoms with Crippen LogP contribution in [0.1, 0.15) is 30.9 Å². The Labute approximate surface area is 217 Å². The van der Waals surface area contributed by atoms with E-state index in [0.717, 1.165) is 47.3 Å². The van der Waals surface area contributed by atoms with E-state index in [4.69, 9.17) is 0 Å². The smallest absolute Gasteiger partial charge is 0.137 e. The number of aromatic hydroxyl groups is 2. The first kappa shape index (κ1) is 24.8. The number of hydrogen-bond acceptors (Lipinski definition) is 4. The third-order valence-corrected chi connectivity index (χ3v) is 7.32. The first-order valence-corrected chi connectivity index (χ1v) is 12.8. The summed E-state index contributed by atoms with van der Waals surface area (Å²) >= 11 is 0. The molecule has 190 valence electrons. The van der Waals surface area contributed by atoms with Crippen LogP contribution in [-0.4, -0.2) is 34.1 Å². The zero-order valence-electron chi connectivity index (χ0n) is 20.6. The van der Waals surface area contributed by atoms with Crippen LogP contribution in [0.15, 0.2) is 109 Å². The second kappa shape index (κ2) is 11.1. The number of aliphatic hydroxyl groups excluding tert-OH is 1. The Morgan fingerprint density at radius 3 is 2.51 bits per heavy atom. The van der Waals surface area contributed by atoms with Crippen molar-refractivity contribution in [2.45, 2.75) is 37.6 Å². The third kappa shape index (κ3) is 5.62. The Morgan fingerprint density at radius 2 is 1.73 bits per heavy atom. The van der Waals surface area contributed by atoms with E-state index in [1.165, 1.54) is 12.2 Å². The summed E-state index contributed by atoms with van der Waals surface area (Å²) in [5.74, 6) is 0.740. The average Bonchev–Trinajstić information content (AvgIpc) is 3.11. The van der Waals surface area contributed by atoms with Crippen LogP contribution in [0.4, 0.5) is 10.1 Å². The van der Waals surface area contributed by atoms with Gasteiger partial charge in [-0.15, -0.1) is 0 Å². The number of anilines is 1. The molecule has 1 aliphatic heterocycles. The van der Waals surface area contributed by atoms with E-state index in [1.807, 2.05) is 36.4 Å². The number of benzene rings is 3. The van der Waals surface area contributed by atoms with Crippen molar-refractivity contribution in [1.82, 2.24) is 0 Å². The molecule has 3 N–H and O–H groups in total. The molecule has 3 aromatic carbocycles. The molecule has 4 atom stereocenters. The predicted octanol–water partition coefficient (Wildman–Crippen LogP) is 6.86. The quantitative estimate of drug-likeness (QED) is 0.318. The van der Waals surface area contributed by atoms with Crippen molar-refractivity contribution in [2.75, 3.05) is 11.4 Å². The van der Waals surface area contributed by atoms with Gasteiger partial charge in [0, 0.05) is 23.7 Å². The molecule has 37 heavy (non-hydrogen) atoms. The molecule has 1 aliphatic carbocycles. The van der Waals surface area contributed by atoms with Crippen molar-refractivity contribution >= 4 is 5.69 Å². The Kier molecular flexibility index (Phi) is 7.42. The second-order valence-corrected chi connectivity index (χ2v) is 9.82. The van der Waals surface area contributed by atoms with Gasteiger partial charge in [-0.3, -0.25) is 0 Å². The molecule has 5 rings (SSSR count). The van der Waals surface area contributed by atoms with Crippen molar-refractivity contribution in [2.24, 2.45) is 5.92 Å². The molecule has 4 nitrogen and oxygen atoms in total. The number of hydrogen-bond donors (Lipinski definition) is 3. The standard InChI is InChI=1S/C32H32FNO3/c33-26-10-4-7-22(15-17-26)30(36)14-6-9-25-21-34(27-11-2-1-3-12-27)32(25)29-18-16-24(20-31(29)37)23-8-5-13-28(35)19-23/h1-5,7-8,10-13,15-20,25-26,30,32,35-37H,6,9,14,21H2/t25-,26?,30?,32?/m0/s1. The molecule has 1 heterocycles. The lowest BCUT2D eigenvalue weighted by Gasteiger charge is -2.50. The first-order chi connectivity index (χ1) is 18.0. The number of para-hydroxylation sites is 1. The lowest BCUT2D eigenvalue weighted by molar-refractivity contribution is 0.188. The Hall–Kier alpha value is -3.83. The van der Waals surface area contributed by atoms with Gasteiger partial charge in [0.2, 0.25) is 0 Å². The zero-order valence-corrected chi connectivity index (χ0v) is 20.6. The van der Waals surface area contributed by atoms with E-state index in [2.05, 4.69) is 17.0 Å². The number of halogens is 1. The minimum atomic E-state index is -1.12. The first-order valence-electron chi connectivity index (χ1n) is 12.8. The van der Waals surface area contributed by atoms with Gasteiger partial charge >= 0.3 is 0 Å². The SMILES string of the molecule is Oc1cccc(-c2ccc(C3[C@@H](CCCC(O)C4=CC=CC(F)C=C4)CN3c3ccccc3)c(O)c2)c1. The Bertz CT molecular complexity index is 1320. The highest BCUT2D eigenvalue weighted by Gasteiger charge is 2.41. The van der Waals surface area contributed by atoms with E-state index in [0.29, 0.717) is 12.3 Å². The molecular formula is C32H32FNO3. The highest BCUT2D eigenvalue weighted by Crippen LogP contribution is 2.47. The van der Waals surface area contributed by atoms with E-state index in [1.54, 1.807) is 42.5 Å². The zero-order chi connectivity index (χ0) is 25.8. The summed E-state index contributed by atoms with van der Waals surface area (Å²) in [6.45, 7) is 0.868. The molecule has 0 spiro atoms. The fourth-order valence-corrected chi connectivity index (χ4v) is 5.36. The molecule has 0 aromatic heterocycles. The molecular weight excluding hydrogens is 465 g/mol. The van der Waals surface area contributed by atoms with Gasteiger partial charge in [0.05, 0.1) is 12.1 Å². The van der Waals surface area contributed by atoms with Crippen molar-refractivity contribution in [1.29, 1.82) is 0 Å². The number of aliphatic hydroxyl groups is 1.